The second-order valence-electron chi connectivity index (χ2n) is 8.14. The molecule has 33 heavy (non-hydrogen) atoms. The fourth-order valence-corrected chi connectivity index (χ4v) is 4.01. The third-order valence-electron chi connectivity index (χ3n) is 5.78. The Morgan fingerprint density at radius 1 is 1.15 bits per heavy atom. The van der Waals surface area contributed by atoms with Gasteiger partial charge < -0.3 is 20.2 Å². The van der Waals surface area contributed by atoms with E-state index in [9.17, 15) is 4.79 Å². The summed E-state index contributed by atoms with van der Waals surface area (Å²) in [5, 5.41) is 3.35. The van der Waals surface area contributed by atoms with Gasteiger partial charge >= 0.3 is 0 Å². The van der Waals surface area contributed by atoms with E-state index in [-0.39, 0.29) is 11.9 Å². The summed E-state index contributed by atoms with van der Waals surface area (Å²) in [5.74, 6) is 2.02. The molecule has 1 aromatic heterocycles. The Morgan fingerprint density at radius 3 is 2.79 bits per heavy atom. The summed E-state index contributed by atoms with van der Waals surface area (Å²) in [6.07, 6.45) is 3.66. The molecule has 7 heteroatoms. The Labute approximate surface area is 194 Å². The molecule has 0 spiro atoms. The van der Waals surface area contributed by atoms with Crippen molar-refractivity contribution < 1.29 is 13.9 Å². The number of methoxy groups -OCH3 is 1. The maximum atomic E-state index is 12.7. The Bertz CT molecular complexity index is 1090. The molecule has 7 nitrogen and oxygen atoms in total. The third kappa shape index (κ3) is 6.02. The van der Waals surface area contributed by atoms with Gasteiger partial charge in [-0.25, -0.2) is 4.99 Å². The van der Waals surface area contributed by atoms with Crippen molar-refractivity contribution in [2.24, 2.45) is 10.7 Å². The van der Waals surface area contributed by atoms with Crippen LogP contribution in [0.5, 0.6) is 5.75 Å². The Morgan fingerprint density at radius 2 is 2.00 bits per heavy atom. The van der Waals surface area contributed by atoms with Crippen molar-refractivity contribution in [1.29, 1.82) is 0 Å². The molecule has 1 aliphatic heterocycles. The van der Waals surface area contributed by atoms with Crippen LogP contribution in [-0.2, 0) is 17.8 Å². The van der Waals surface area contributed by atoms with Crippen LogP contribution in [0, 0.1) is 0 Å². The molecule has 1 aliphatic rings. The molecule has 0 aliphatic carbocycles. The summed E-state index contributed by atoms with van der Waals surface area (Å²) in [4.78, 5) is 18.9. The fourth-order valence-electron chi connectivity index (χ4n) is 4.01. The maximum absolute atomic E-state index is 12.7. The molecular weight excluding hydrogens is 416 g/mol. The number of carbonyl (C=O) groups is 1. The molecular formula is C26H30N4O3. The van der Waals surface area contributed by atoms with Crippen LogP contribution in [0.4, 0.5) is 0 Å². The molecule has 0 radical (unpaired) electrons. The average Bonchev–Trinajstić information content (AvgIpc) is 3.37. The number of hydrogen-bond acceptors (Lipinski definition) is 6. The van der Waals surface area contributed by atoms with Gasteiger partial charge in [0.05, 0.1) is 19.4 Å². The van der Waals surface area contributed by atoms with Gasteiger partial charge in [-0.2, -0.15) is 0 Å². The summed E-state index contributed by atoms with van der Waals surface area (Å²) in [7, 11) is 1.65. The first-order valence-electron chi connectivity index (χ1n) is 11.2. The van der Waals surface area contributed by atoms with Crippen molar-refractivity contribution >= 4 is 11.9 Å². The quantitative estimate of drug-likeness (QED) is 0.464. The van der Waals surface area contributed by atoms with Crippen molar-refractivity contribution in [3.05, 3.63) is 78.1 Å². The molecule has 3 aromatic rings. The fraction of sp³-hybridized carbons (Fsp3) is 0.308. The number of carbonyl (C=O) groups excluding carboxylic acids is 1. The third-order valence-corrected chi connectivity index (χ3v) is 5.78. The zero-order valence-electron chi connectivity index (χ0n) is 18.9. The van der Waals surface area contributed by atoms with Gasteiger partial charge in [0.1, 0.15) is 11.5 Å². The summed E-state index contributed by atoms with van der Waals surface area (Å²) in [6, 6.07) is 19.9. The molecule has 3 N–H and O–H groups in total. The van der Waals surface area contributed by atoms with Crippen LogP contribution in [-0.4, -0.2) is 43.0 Å². The molecule has 0 saturated carbocycles. The molecule has 0 fully saturated rings. The largest absolute Gasteiger partial charge is 0.497 e. The lowest BCUT2D eigenvalue weighted by Crippen LogP contribution is -2.49. The lowest BCUT2D eigenvalue weighted by molar-refractivity contribution is -0.128. The van der Waals surface area contributed by atoms with Crippen molar-refractivity contribution in [2.45, 2.75) is 31.8 Å². The molecule has 2 aromatic carbocycles. The summed E-state index contributed by atoms with van der Waals surface area (Å²) < 4.78 is 10.7. The summed E-state index contributed by atoms with van der Waals surface area (Å²) in [6.45, 7) is 1.81. The minimum absolute atomic E-state index is 0.0278. The minimum Gasteiger partial charge on any atom is -0.497 e. The Balaban J connectivity index is 1.26. The topological polar surface area (TPSA) is 93.1 Å². The number of guanidine groups is 1. The number of nitrogens with two attached hydrogens (primary N) is 1. The van der Waals surface area contributed by atoms with E-state index in [1.165, 1.54) is 5.56 Å². The van der Waals surface area contributed by atoms with Crippen molar-refractivity contribution in [1.82, 2.24) is 10.2 Å². The molecule has 1 unspecified atom stereocenters. The number of rotatable bonds is 10. The number of nitrogens with zero attached hydrogens (tertiary/aromatic N) is 2. The zero-order chi connectivity index (χ0) is 23.0. The first kappa shape index (κ1) is 22.6. The second kappa shape index (κ2) is 10.8. The smallest absolute Gasteiger partial charge is 0.231 e. The second-order valence-corrected chi connectivity index (χ2v) is 8.14. The maximum Gasteiger partial charge on any atom is 0.231 e. The first-order chi connectivity index (χ1) is 16.1. The van der Waals surface area contributed by atoms with E-state index in [1.807, 2.05) is 48.5 Å². The standard InChI is InChI=1S/C26H30N4O3/c1-32-23-8-3-6-20(16-23)18-28-12-13-30-25(31)17-22(29-26(30)27)11-10-19-5-2-7-21(15-19)24-9-4-14-33-24/h2-9,14-16,22,28H,10-13,17-18H2,1H3,(H2,27,29). The molecule has 172 valence electrons. The molecule has 4 rings (SSSR count). The van der Waals surface area contributed by atoms with E-state index < -0.39 is 0 Å². The van der Waals surface area contributed by atoms with Crippen LogP contribution in [0.1, 0.15) is 24.0 Å². The van der Waals surface area contributed by atoms with Crippen molar-refractivity contribution in [3.8, 4) is 17.1 Å². The number of benzene rings is 2. The van der Waals surface area contributed by atoms with Crippen LogP contribution in [0.3, 0.4) is 0 Å². The average molecular weight is 447 g/mol. The monoisotopic (exact) mass is 446 g/mol. The van der Waals surface area contributed by atoms with Gasteiger partial charge in [0.2, 0.25) is 5.91 Å². The van der Waals surface area contributed by atoms with Crippen LogP contribution < -0.4 is 15.8 Å². The predicted molar refractivity (Wildman–Crippen MR) is 129 cm³/mol. The van der Waals surface area contributed by atoms with Gasteiger partial charge in [-0.15, -0.1) is 0 Å². The van der Waals surface area contributed by atoms with E-state index in [2.05, 4.69) is 22.4 Å². The Kier molecular flexibility index (Phi) is 7.42. The number of amides is 1. The molecule has 2 heterocycles. The predicted octanol–water partition coefficient (Wildman–Crippen LogP) is 3.59. The highest BCUT2D eigenvalue weighted by molar-refractivity contribution is 5.98. The van der Waals surface area contributed by atoms with Gasteiger partial charge in [0.25, 0.3) is 0 Å². The highest BCUT2D eigenvalue weighted by atomic mass is 16.5. The normalized spacial score (nSPS) is 16.0. The molecule has 0 saturated heterocycles. The zero-order valence-corrected chi connectivity index (χ0v) is 18.9. The van der Waals surface area contributed by atoms with Gasteiger partial charge in [-0.1, -0.05) is 30.3 Å². The first-order valence-corrected chi connectivity index (χ1v) is 11.2. The summed E-state index contributed by atoms with van der Waals surface area (Å²) >= 11 is 0. The minimum atomic E-state index is -0.0919. The number of furan rings is 1. The van der Waals surface area contributed by atoms with Crippen LogP contribution >= 0.6 is 0 Å². The van der Waals surface area contributed by atoms with E-state index in [0.29, 0.717) is 32.0 Å². The lowest BCUT2D eigenvalue weighted by Gasteiger charge is -2.29. The van der Waals surface area contributed by atoms with Crippen LogP contribution in [0.15, 0.2) is 76.3 Å². The van der Waals surface area contributed by atoms with Crippen LogP contribution in [0.25, 0.3) is 11.3 Å². The van der Waals surface area contributed by atoms with Gasteiger partial charge in [0, 0.05) is 31.6 Å². The lowest BCUT2D eigenvalue weighted by atomic mass is 10.00. The highest BCUT2D eigenvalue weighted by Gasteiger charge is 2.26. The van der Waals surface area contributed by atoms with Gasteiger partial charge in [-0.3, -0.25) is 9.69 Å². The van der Waals surface area contributed by atoms with E-state index in [1.54, 1.807) is 18.3 Å². The Hall–Kier alpha value is -3.58. The number of aliphatic imine (C=N–C) groups is 1. The van der Waals surface area contributed by atoms with E-state index >= 15 is 0 Å². The van der Waals surface area contributed by atoms with E-state index in [0.717, 1.165) is 35.5 Å². The SMILES string of the molecule is COc1cccc(CNCCN2C(=O)CC(CCc3cccc(-c4ccco4)c3)N=C2N)c1. The summed E-state index contributed by atoms with van der Waals surface area (Å²) in [5.41, 5.74) is 9.51. The number of aryl methyl sites for hydroxylation is 1. The number of hydrogen-bond donors (Lipinski definition) is 2. The highest BCUT2D eigenvalue weighted by Crippen LogP contribution is 2.23. The number of ether oxygens (including phenoxy) is 1. The van der Waals surface area contributed by atoms with Gasteiger partial charge in [-0.05, 0) is 54.3 Å². The molecule has 1 amide bonds. The van der Waals surface area contributed by atoms with E-state index in [4.69, 9.17) is 14.9 Å². The van der Waals surface area contributed by atoms with Gasteiger partial charge in [0.15, 0.2) is 5.96 Å². The van der Waals surface area contributed by atoms with Crippen molar-refractivity contribution in [3.63, 3.8) is 0 Å². The molecule has 1 atom stereocenters. The van der Waals surface area contributed by atoms with Crippen LogP contribution in [0.2, 0.25) is 0 Å². The molecule has 0 bridgehead atoms. The van der Waals surface area contributed by atoms with Crippen molar-refractivity contribution in [2.75, 3.05) is 20.2 Å². The number of nitrogens with one attached hydrogen (secondary N) is 1.